The zero-order valence-corrected chi connectivity index (χ0v) is 14.6. The Kier molecular flexibility index (Phi) is 5.69. The summed E-state index contributed by atoms with van der Waals surface area (Å²) in [6, 6.07) is 23.4. The van der Waals surface area contributed by atoms with E-state index in [1.807, 2.05) is 60.7 Å². The molecule has 27 heavy (non-hydrogen) atoms. The smallest absolute Gasteiger partial charge is 0.323 e. The van der Waals surface area contributed by atoms with Crippen LogP contribution >= 0.6 is 0 Å². The normalized spacial score (nSPS) is 10.1. The fourth-order valence-corrected chi connectivity index (χ4v) is 2.62. The summed E-state index contributed by atoms with van der Waals surface area (Å²) in [7, 11) is 0. The van der Waals surface area contributed by atoms with E-state index >= 15 is 0 Å². The molecule has 0 bridgehead atoms. The molecule has 0 fully saturated rings. The Morgan fingerprint density at radius 2 is 1.44 bits per heavy atom. The number of carbonyl (C=O) groups is 2. The molecule has 0 atom stereocenters. The Morgan fingerprint density at radius 1 is 0.778 bits per heavy atom. The summed E-state index contributed by atoms with van der Waals surface area (Å²) in [6.45, 7) is 0.486. The second-order valence-electron chi connectivity index (χ2n) is 5.91. The lowest BCUT2D eigenvalue weighted by atomic mass is 10.1. The number of rotatable bonds is 6. The minimum atomic E-state index is -0.480. The van der Waals surface area contributed by atoms with Crippen molar-refractivity contribution in [1.29, 1.82) is 0 Å². The summed E-state index contributed by atoms with van der Waals surface area (Å²) < 4.78 is 0. The number of amides is 3. The number of para-hydroxylation sites is 2. The Balaban J connectivity index is 1.62. The van der Waals surface area contributed by atoms with Gasteiger partial charge in [-0.15, -0.1) is 0 Å². The van der Waals surface area contributed by atoms with Crippen molar-refractivity contribution in [3.63, 3.8) is 0 Å². The molecule has 3 aromatic carbocycles. The lowest BCUT2D eigenvalue weighted by Gasteiger charge is -2.12. The van der Waals surface area contributed by atoms with E-state index in [0.29, 0.717) is 23.5 Å². The van der Waals surface area contributed by atoms with Crippen molar-refractivity contribution >= 4 is 29.0 Å². The van der Waals surface area contributed by atoms with Gasteiger partial charge in [0.25, 0.3) is 5.91 Å². The van der Waals surface area contributed by atoms with Crippen molar-refractivity contribution in [3.05, 3.63) is 90.0 Å². The van der Waals surface area contributed by atoms with Crippen LogP contribution in [-0.4, -0.2) is 11.9 Å². The summed E-state index contributed by atoms with van der Waals surface area (Å²) in [5, 5.41) is 8.78. The van der Waals surface area contributed by atoms with Gasteiger partial charge in [-0.1, -0.05) is 42.5 Å². The van der Waals surface area contributed by atoms with E-state index < -0.39 is 5.91 Å². The van der Waals surface area contributed by atoms with E-state index in [2.05, 4.69) is 16.0 Å². The summed E-state index contributed by atoms with van der Waals surface area (Å²) in [5.74, 6) is -0.480. The van der Waals surface area contributed by atoms with Crippen molar-refractivity contribution < 1.29 is 9.59 Å². The first-order chi connectivity index (χ1) is 13.1. The summed E-state index contributed by atoms with van der Waals surface area (Å²) in [6.07, 6.45) is 0. The van der Waals surface area contributed by atoms with Gasteiger partial charge >= 0.3 is 6.03 Å². The molecule has 6 nitrogen and oxygen atoms in total. The van der Waals surface area contributed by atoms with Crippen LogP contribution in [0.2, 0.25) is 0 Å². The van der Waals surface area contributed by atoms with E-state index in [9.17, 15) is 9.59 Å². The van der Waals surface area contributed by atoms with E-state index in [1.165, 1.54) is 0 Å². The second-order valence-corrected chi connectivity index (χ2v) is 5.91. The molecule has 0 spiro atoms. The van der Waals surface area contributed by atoms with E-state index in [-0.39, 0.29) is 6.03 Å². The molecule has 0 aliphatic rings. The standard InChI is InChI=1S/C21H20N4O2/c22-20(26)18-11-4-5-12-19(18)23-14-15-7-6-10-17(13-15)25-21(27)24-16-8-2-1-3-9-16/h1-13,23H,14H2,(H2,22,26)(H2,24,25,27). The molecule has 3 aromatic rings. The quantitative estimate of drug-likeness (QED) is 0.534. The Bertz CT molecular complexity index is 942. The Hall–Kier alpha value is -3.80. The minimum Gasteiger partial charge on any atom is -0.380 e. The highest BCUT2D eigenvalue weighted by Crippen LogP contribution is 2.17. The number of nitrogens with two attached hydrogens (primary N) is 1. The molecule has 0 heterocycles. The first-order valence-electron chi connectivity index (χ1n) is 8.46. The predicted octanol–water partition coefficient (Wildman–Crippen LogP) is 4.04. The van der Waals surface area contributed by atoms with E-state index in [0.717, 1.165) is 11.3 Å². The molecule has 0 radical (unpaired) electrons. The van der Waals surface area contributed by atoms with Crippen LogP contribution in [0.25, 0.3) is 0 Å². The van der Waals surface area contributed by atoms with Crippen molar-refractivity contribution in [3.8, 4) is 0 Å². The molecular formula is C21H20N4O2. The van der Waals surface area contributed by atoms with Gasteiger partial charge in [-0.05, 0) is 42.0 Å². The number of hydrogen-bond acceptors (Lipinski definition) is 3. The molecule has 136 valence electrons. The molecule has 3 amide bonds. The number of benzene rings is 3. The maximum absolute atomic E-state index is 12.1. The van der Waals surface area contributed by atoms with Gasteiger partial charge in [-0.25, -0.2) is 4.79 Å². The number of hydrogen-bond donors (Lipinski definition) is 4. The van der Waals surface area contributed by atoms with Crippen LogP contribution in [0.5, 0.6) is 0 Å². The minimum absolute atomic E-state index is 0.314. The van der Waals surface area contributed by atoms with Gasteiger partial charge in [0.2, 0.25) is 0 Å². The first-order valence-corrected chi connectivity index (χ1v) is 8.46. The second kappa shape index (κ2) is 8.53. The van der Waals surface area contributed by atoms with Crippen molar-refractivity contribution in [2.75, 3.05) is 16.0 Å². The third-order valence-corrected chi connectivity index (χ3v) is 3.89. The summed E-state index contributed by atoms with van der Waals surface area (Å²) in [5.41, 5.74) is 8.84. The molecule has 0 unspecified atom stereocenters. The van der Waals surface area contributed by atoms with Gasteiger partial charge in [-0.3, -0.25) is 4.79 Å². The van der Waals surface area contributed by atoms with Crippen LogP contribution < -0.4 is 21.7 Å². The van der Waals surface area contributed by atoms with Crippen LogP contribution in [0.1, 0.15) is 15.9 Å². The highest BCUT2D eigenvalue weighted by Gasteiger charge is 2.07. The molecule has 5 N–H and O–H groups in total. The van der Waals surface area contributed by atoms with Crippen LogP contribution in [0.4, 0.5) is 21.9 Å². The SMILES string of the molecule is NC(=O)c1ccccc1NCc1cccc(NC(=O)Nc2ccccc2)c1. The number of anilines is 3. The maximum atomic E-state index is 12.1. The van der Waals surface area contributed by atoms with Crippen LogP contribution in [0.3, 0.4) is 0 Å². The third-order valence-electron chi connectivity index (χ3n) is 3.89. The summed E-state index contributed by atoms with van der Waals surface area (Å²) >= 11 is 0. The number of nitrogens with one attached hydrogen (secondary N) is 3. The van der Waals surface area contributed by atoms with Gasteiger partial charge in [0.1, 0.15) is 0 Å². The fourth-order valence-electron chi connectivity index (χ4n) is 2.62. The zero-order chi connectivity index (χ0) is 19.1. The zero-order valence-electron chi connectivity index (χ0n) is 14.6. The molecule has 0 saturated heterocycles. The van der Waals surface area contributed by atoms with Gasteiger partial charge in [0.15, 0.2) is 0 Å². The van der Waals surface area contributed by atoms with Gasteiger partial charge in [-0.2, -0.15) is 0 Å². The molecule has 6 heteroatoms. The topological polar surface area (TPSA) is 96.2 Å². The molecule has 0 aliphatic carbocycles. The molecular weight excluding hydrogens is 340 g/mol. The number of urea groups is 1. The third kappa shape index (κ3) is 5.09. The number of carbonyl (C=O) groups excluding carboxylic acids is 2. The van der Waals surface area contributed by atoms with E-state index in [1.54, 1.807) is 18.2 Å². The Labute approximate surface area is 157 Å². The lowest BCUT2D eigenvalue weighted by Crippen LogP contribution is -2.19. The monoisotopic (exact) mass is 360 g/mol. The summed E-state index contributed by atoms with van der Waals surface area (Å²) in [4.78, 5) is 23.6. The predicted molar refractivity (Wildman–Crippen MR) is 108 cm³/mol. The van der Waals surface area contributed by atoms with Gasteiger partial charge in [0.05, 0.1) is 5.56 Å². The van der Waals surface area contributed by atoms with Crippen LogP contribution in [0.15, 0.2) is 78.9 Å². The number of primary amides is 1. The van der Waals surface area contributed by atoms with Crippen molar-refractivity contribution in [2.45, 2.75) is 6.54 Å². The Morgan fingerprint density at radius 3 is 2.22 bits per heavy atom. The van der Waals surface area contributed by atoms with E-state index in [4.69, 9.17) is 5.73 Å². The maximum Gasteiger partial charge on any atom is 0.323 e. The van der Waals surface area contributed by atoms with Crippen molar-refractivity contribution in [1.82, 2.24) is 0 Å². The van der Waals surface area contributed by atoms with Gasteiger partial charge in [0, 0.05) is 23.6 Å². The molecule has 0 aliphatic heterocycles. The van der Waals surface area contributed by atoms with Gasteiger partial charge < -0.3 is 21.7 Å². The highest BCUT2D eigenvalue weighted by atomic mass is 16.2. The first kappa shape index (κ1) is 18.0. The molecule has 0 saturated carbocycles. The highest BCUT2D eigenvalue weighted by molar-refractivity contribution is 6.00. The fraction of sp³-hybridized carbons (Fsp3) is 0.0476. The molecule has 3 rings (SSSR count). The van der Waals surface area contributed by atoms with Crippen LogP contribution in [-0.2, 0) is 6.54 Å². The molecule has 0 aromatic heterocycles. The largest absolute Gasteiger partial charge is 0.380 e. The average Bonchev–Trinajstić information content (AvgIpc) is 2.67. The van der Waals surface area contributed by atoms with Crippen LogP contribution in [0, 0.1) is 0 Å². The average molecular weight is 360 g/mol. The van der Waals surface area contributed by atoms with Crippen molar-refractivity contribution in [2.24, 2.45) is 5.73 Å². The lowest BCUT2D eigenvalue weighted by molar-refractivity contribution is 0.100.